The highest BCUT2D eigenvalue weighted by atomic mass is 16.5. The van der Waals surface area contributed by atoms with Crippen LogP contribution >= 0.6 is 0 Å². The van der Waals surface area contributed by atoms with E-state index in [9.17, 15) is 0 Å². The molecule has 1 fully saturated rings. The smallest absolute Gasteiger partial charge is 0.0770 e. The van der Waals surface area contributed by atoms with Crippen molar-refractivity contribution in [3.8, 4) is 0 Å². The zero-order valence-corrected chi connectivity index (χ0v) is 11.2. The molecule has 1 aromatic rings. The molecular formula is C16H23NO. The Morgan fingerprint density at radius 3 is 2.72 bits per heavy atom. The summed E-state index contributed by atoms with van der Waals surface area (Å²) in [6.45, 7) is 0.924. The molecule has 2 atom stereocenters. The predicted octanol–water partition coefficient (Wildman–Crippen LogP) is 3.00. The first-order valence-corrected chi connectivity index (χ1v) is 7.29. The van der Waals surface area contributed by atoms with E-state index in [0.29, 0.717) is 12.1 Å². The van der Waals surface area contributed by atoms with Crippen molar-refractivity contribution in [2.75, 3.05) is 13.7 Å². The lowest BCUT2D eigenvalue weighted by molar-refractivity contribution is 0.0807. The van der Waals surface area contributed by atoms with E-state index in [4.69, 9.17) is 4.74 Å². The van der Waals surface area contributed by atoms with Crippen LogP contribution in [0, 0.1) is 0 Å². The Morgan fingerprint density at radius 1 is 1.17 bits per heavy atom. The Labute approximate surface area is 110 Å². The maximum absolute atomic E-state index is 5.84. The number of hydrogen-bond acceptors (Lipinski definition) is 2. The highest BCUT2D eigenvalue weighted by Crippen LogP contribution is 2.30. The number of fused-ring (bicyclic) bond motifs is 1. The predicted molar refractivity (Wildman–Crippen MR) is 73.9 cm³/mol. The molecule has 18 heavy (non-hydrogen) atoms. The fraction of sp³-hybridized carbons (Fsp3) is 0.625. The monoisotopic (exact) mass is 245 g/mol. The largest absolute Gasteiger partial charge is 0.376 e. The first-order chi connectivity index (χ1) is 8.88. The molecule has 0 amide bonds. The van der Waals surface area contributed by atoms with Gasteiger partial charge in [0.25, 0.3) is 0 Å². The number of hydrogen-bond donors (Lipinski definition) is 1. The van der Waals surface area contributed by atoms with Crippen LogP contribution in [0.2, 0.25) is 0 Å². The lowest BCUT2D eigenvalue weighted by atomic mass is 9.88. The van der Waals surface area contributed by atoms with Crippen molar-refractivity contribution in [3.05, 3.63) is 34.9 Å². The van der Waals surface area contributed by atoms with Crippen molar-refractivity contribution in [3.63, 3.8) is 0 Å². The Hall–Kier alpha value is -0.860. The minimum absolute atomic E-state index is 0.358. The molecule has 1 saturated heterocycles. The van der Waals surface area contributed by atoms with Crippen molar-refractivity contribution in [1.29, 1.82) is 0 Å². The minimum Gasteiger partial charge on any atom is -0.376 e. The van der Waals surface area contributed by atoms with Gasteiger partial charge in [0.15, 0.2) is 0 Å². The molecule has 3 rings (SSSR count). The third kappa shape index (κ3) is 2.32. The SMILES string of the molecule is CNC(c1ccc2c(c1)CCCC2)C1CCCO1. The molecule has 0 spiro atoms. The van der Waals surface area contributed by atoms with Crippen LogP contribution in [-0.4, -0.2) is 19.8 Å². The van der Waals surface area contributed by atoms with Gasteiger partial charge in [0, 0.05) is 6.61 Å². The summed E-state index contributed by atoms with van der Waals surface area (Å²) in [6.07, 6.45) is 7.96. The van der Waals surface area contributed by atoms with Gasteiger partial charge in [-0.2, -0.15) is 0 Å². The number of likely N-dealkylation sites (N-methyl/N-ethyl adjacent to an activating group) is 1. The van der Waals surface area contributed by atoms with Crippen molar-refractivity contribution < 1.29 is 4.74 Å². The van der Waals surface area contributed by atoms with Gasteiger partial charge in [0.2, 0.25) is 0 Å². The molecule has 0 saturated carbocycles. The standard InChI is InChI=1S/C16H23NO/c1-17-16(15-7-4-10-18-15)14-9-8-12-5-2-3-6-13(12)11-14/h8-9,11,15-17H,2-7,10H2,1H3. The molecule has 2 nitrogen and oxygen atoms in total. The Morgan fingerprint density at radius 2 is 2.00 bits per heavy atom. The van der Waals surface area contributed by atoms with E-state index in [0.717, 1.165) is 6.61 Å². The molecule has 1 aliphatic heterocycles. The summed E-state index contributed by atoms with van der Waals surface area (Å²) in [5, 5.41) is 3.44. The van der Waals surface area contributed by atoms with Crippen LogP contribution in [0.1, 0.15) is 48.4 Å². The molecule has 0 radical (unpaired) electrons. The molecule has 1 aliphatic carbocycles. The lowest BCUT2D eigenvalue weighted by Crippen LogP contribution is -2.29. The van der Waals surface area contributed by atoms with Gasteiger partial charge in [-0.05, 0) is 62.3 Å². The second-order valence-corrected chi connectivity index (χ2v) is 5.55. The Bertz CT molecular complexity index is 410. The molecule has 0 aromatic heterocycles. The van der Waals surface area contributed by atoms with Gasteiger partial charge in [0.05, 0.1) is 12.1 Å². The van der Waals surface area contributed by atoms with Crippen LogP contribution < -0.4 is 5.32 Å². The molecular weight excluding hydrogens is 222 g/mol. The highest BCUT2D eigenvalue weighted by molar-refractivity contribution is 5.35. The number of ether oxygens (including phenoxy) is 1. The van der Waals surface area contributed by atoms with Crippen molar-refractivity contribution >= 4 is 0 Å². The molecule has 2 unspecified atom stereocenters. The summed E-state index contributed by atoms with van der Waals surface area (Å²) in [5.41, 5.74) is 4.54. The normalized spacial score (nSPS) is 24.8. The van der Waals surface area contributed by atoms with Crippen LogP contribution in [0.15, 0.2) is 18.2 Å². The summed E-state index contributed by atoms with van der Waals surface area (Å²) in [5.74, 6) is 0. The maximum Gasteiger partial charge on any atom is 0.0770 e. The van der Waals surface area contributed by atoms with E-state index >= 15 is 0 Å². The number of rotatable bonds is 3. The number of nitrogens with one attached hydrogen (secondary N) is 1. The van der Waals surface area contributed by atoms with Gasteiger partial charge in [0.1, 0.15) is 0 Å². The van der Waals surface area contributed by atoms with Gasteiger partial charge < -0.3 is 10.1 Å². The fourth-order valence-electron chi connectivity index (χ4n) is 3.38. The van der Waals surface area contributed by atoms with Gasteiger partial charge >= 0.3 is 0 Å². The van der Waals surface area contributed by atoms with Crippen LogP contribution in [0.4, 0.5) is 0 Å². The third-order valence-electron chi connectivity index (χ3n) is 4.38. The summed E-state index contributed by atoms with van der Waals surface area (Å²) in [6, 6.07) is 7.41. The van der Waals surface area contributed by atoms with Gasteiger partial charge in [-0.15, -0.1) is 0 Å². The highest BCUT2D eigenvalue weighted by Gasteiger charge is 2.26. The Balaban J connectivity index is 1.85. The molecule has 2 heteroatoms. The first kappa shape index (κ1) is 12.2. The second kappa shape index (κ2) is 5.41. The summed E-state index contributed by atoms with van der Waals surface area (Å²) in [4.78, 5) is 0. The van der Waals surface area contributed by atoms with E-state index < -0.39 is 0 Å². The van der Waals surface area contributed by atoms with Crippen molar-refractivity contribution in [2.24, 2.45) is 0 Å². The maximum atomic E-state index is 5.84. The zero-order valence-electron chi connectivity index (χ0n) is 11.2. The van der Waals surface area contributed by atoms with Crippen LogP contribution in [0.5, 0.6) is 0 Å². The van der Waals surface area contributed by atoms with E-state index in [1.165, 1.54) is 44.1 Å². The van der Waals surface area contributed by atoms with Gasteiger partial charge in [-0.3, -0.25) is 0 Å². The third-order valence-corrected chi connectivity index (χ3v) is 4.38. The summed E-state index contributed by atoms with van der Waals surface area (Å²) >= 11 is 0. The fourth-order valence-corrected chi connectivity index (χ4v) is 3.38. The minimum atomic E-state index is 0.358. The quantitative estimate of drug-likeness (QED) is 0.884. The molecule has 1 N–H and O–H groups in total. The molecule has 2 aliphatic rings. The Kier molecular flexibility index (Phi) is 3.67. The average Bonchev–Trinajstić information content (AvgIpc) is 2.93. The van der Waals surface area contributed by atoms with E-state index in [1.807, 2.05) is 7.05 Å². The first-order valence-electron chi connectivity index (χ1n) is 7.29. The molecule has 98 valence electrons. The van der Waals surface area contributed by atoms with E-state index in [2.05, 4.69) is 23.5 Å². The average molecular weight is 245 g/mol. The summed E-state index contributed by atoms with van der Waals surface area (Å²) < 4.78 is 5.84. The molecule has 1 heterocycles. The van der Waals surface area contributed by atoms with Crippen LogP contribution in [0.25, 0.3) is 0 Å². The van der Waals surface area contributed by atoms with Gasteiger partial charge in [-0.1, -0.05) is 18.2 Å². The van der Waals surface area contributed by atoms with Crippen LogP contribution in [-0.2, 0) is 17.6 Å². The van der Waals surface area contributed by atoms with Crippen LogP contribution in [0.3, 0.4) is 0 Å². The zero-order chi connectivity index (χ0) is 12.4. The lowest BCUT2D eigenvalue weighted by Gasteiger charge is -2.25. The molecule has 1 aromatic carbocycles. The number of aryl methyl sites for hydroxylation is 2. The van der Waals surface area contributed by atoms with E-state index in [-0.39, 0.29) is 0 Å². The van der Waals surface area contributed by atoms with E-state index in [1.54, 1.807) is 11.1 Å². The number of benzene rings is 1. The molecule has 0 bridgehead atoms. The van der Waals surface area contributed by atoms with Crippen molar-refractivity contribution in [2.45, 2.75) is 50.7 Å². The second-order valence-electron chi connectivity index (χ2n) is 5.55. The van der Waals surface area contributed by atoms with Crippen molar-refractivity contribution in [1.82, 2.24) is 5.32 Å². The topological polar surface area (TPSA) is 21.3 Å². The van der Waals surface area contributed by atoms with Gasteiger partial charge in [-0.25, -0.2) is 0 Å². The summed E-state index contributed by atoms with van der Waals surface area (Å²) in [7, 11) is 2.05.